The summed E-state index contributed by atoms with van der Waals surface area (Å²) in [6.07, 6.45) is 2.61. The second kappa shape index (κ2) is 10.6. The molecule has 0 saturated carbocycles. The minimum Gasteiger partial charge on any atom is -0.382 e. The predicted molar refractivity (Wildman–Crippen MR) is 121 cm³/mol. The molecule has 2 aromatic carbocycles. The van der Waals surface area contributed by atoms with Crippen molar-refractivity contribution in [1.29, 1.82) is 0 Å². The molecule has 29 heavy (non-hydrogen) atoms. The van der Waals surface area contributed by atoms with E-state index in [1.165, 1.54) is 11.8 Å². The van der Waals surface area contributed by atoms with E-state index in [9.17, 15) is 9.59 Å². The van der Waals surface area contributed by atoms with Gasteiger partial charge in [0, 0.05) is 29.1 Å². The first kappa shape index (κ1) is 21.6. The molecule has 0 aliphatic carbocycles. The van der Waals surface area contributed by atoms with Crippen LogP contribution in [0.4, 0.5) is 5.69 Å². The summed E-state index contributed by atoms with van der Waals surface area (Å²) in [6, 6.07) is 15.4. The third-order valence-corrected chi connectivity index (χ3v) is 5.84. The van der Waals surface area contributed by atoms with Crippen molar-refractivity contribution in [3.8, 4) is 0 Å². The van der Waals surface area contributed by atoms with Crippen LogP contribution in [0.15, 0.2) is 62.8 Å². The number of rotatable bonds is 8. The number of amides is 2. The number of carbonyl (C=O) groups excluding carboxylic acids is 2. The van der Waals surface area contributed by atoms with Crippen molar-refractivity contribution in [3.05, 3.63) is 63.5 Å². The molecular formula is C22H23BrN2O3S. The number of benzene rings is 2. The van der Waals surface area contributed by atoms with Crippen molar-refractivity contribution < 1.29 is 14.3 Å². The molecule has 152 valence electrons. The van der Waals surface area contributed by atoms with Crippen LogP contribution in [0, 0.1) is 0 Å². The Kier molecular flexibility index (Phi) is 7.91. The Bertz CT molecular complexity index is 916. The maximum absolute atomic E-state index is 13.2. The summed E-state index contributed by atoms with van der Waals surface area (Å²) in [7, 11) is 0. The Morgan fingerprint density at radius 2 is 2.07 bits per heavy atom. The molecule has 0 aromatic heterocycles. The molecule has 2 aromatic rings. The highest BCUT2D eigenvalue weighted by molar-refractivity contribution is 9.10. The molecular weight excluding hydrogens is 452 g/mol. The third-order valence-electron chi connectivity index (χ3n) is 4.27. The summed E-state index contributed by atoms with van der Waals surface area (Å²) in [5.74, 6) is -0.350. The fourth-order valence-corrected chi connectivity index (χ4v) is 4.39. The molecule has 0 unspecified atom stereocenters. The monoisotopic (exact) mass is 474 g/mol. The smallest absolute Gasteiger partial charge is 0.265 e. The van der Waals surface area contributed by atoms with Gasteiger partial charge < -0.3 is 10.1 Å². The average Bonchev–Trinajstić information content (AvgIpc) is 2.71. The van der Waals surface area contributed by atoms with Crippen LogP contribution in [-0.2, 0) is 14.3 Å². The molecule has 0 atom stereocenters. The molecule has 1 aliphatic heterocycles. The number of hydrogen-bond donors (Lipinski definition) is 1. The van der Waals surface area contributed by atoms with Crippen LogP contribution < -0.4 is 10.2 Å². The van der Waals surface area contributed by atoms with Gasteiger partial charge in [0.25, 0.3) is 5.91 Å². The Balaban J connectivity index is 1.76. The maximum atomic E-state index is 13.2. The molecule has 0 fully saturated rings. The summed E-state index contributed by atoms with van der Waals surface area (Å²) in [5, 5.41) is 2.87. The SMILES string of the molecule is CCOCCCNC(=O)CN1C(=O)C(=Cc2cccc(Br)c2)Sc2ccccc21. The zero-order valence-electron chi connectivity index (χ0n) is 16.2. The van der Waals surface area contributed by atoms with E-state index in [0.29, 0.717) is 24.7 Å². The van der Waals surface area contributed by atoms with Crippen LogP contribution in [-0.4, -0.2) is 38.1 Å². The van der Waals surface area contributed by atoms with Gasteiger partial charge in [-0.25, -0.2) is 0 Å². The number of thioether (sulfide) groups is 1. The van der Waals surface area contributed by atoms with Gasteiger partial charge in [-0.2, -0.15) is 0 Å². The van der Waals surface area contributed by atoms with Crippen molar-refractivity contribution in [2.24, 2.45) is 0 Å². The largest absolute Gasteiger partial charge is 0.382 e. The topological polar surface area (TPSA) is 58.6 Å². The molecule has 3 rings (SSSR count). The number of hydrogen-bond acceptors (Lipinski definition) is 4. The lowest BCUT2D eigenvalue weighted by molar-refractivity contribution is -0.122. The van der Waals surface area contributed by atoms with Crippen LogP contribution in [0.5, 0.6) is 0 Å². The van der Waals surface area contributed by atoms with E-state index in [-0.39, 0.29) is 18.4 Å². The first-order chi connectivity index (χ1) is 14.1. The van der Waals surface area contributed by atoms with Crippen molar-refractivity contribution in [1.82, 2.24) is 5.32 Å². The Hall–Kier alpha value is -2.09. The number of carbonyl (C=O) groups is 2. The maximum Gasteiger partial charge on any atom is 0.265 e. The summed E-state index contributed by atoms with van der Waals surface area (Å²) in [6.45, 7) is 3.73. The van der Waals surface area contributed by atoms with Gasteiger partial charge >= 0.3 is 0 Å². The molecule has 7 heteroatoms. The Morgan fingerprint density at radius 1 is 1.24 bits per heavy atom. The van der Waals surface area contributed by atoms with Crippen LogP contribution in [0.3, 0.4) is 0 Å². The van der Waals surface area contributed by atoms with Gasteiger partial charge in [-0.1, -0.05) is 52.0 Å². The van der Waals surface area contributed by atoms with Gasteiger partial charge in [0.05, 0.1) is 10.6 Å². The molecule has 1 heterocycles. The lowest BCUT2D eigenvalue weighted by atomic mass is 10.2. The summed E-state index contributed by atoms with van der Waals surface area (Å²) in [5.41, 5.74) is 1.69. The number of anilines is 1. The third kappa shape index (κ3) is 5.95. The van der Waals surface area contributed by atoms with Crippen molar-refractivity contribution in [3.63, 3.8) is 0 Å². The zero-order valence-corrected chi connectivity index (χ0v) is 18.6. The van der Waals surface area contributed by atoms with Gasteiger partial charge in [-0.15, -0.1) is 0 Å². The first-order valence-corrected chi connectivity index (χ1v) is 11.1. The van der Waals surface area contributed by atoms with Crippen molar-refractivity contribution in [2.75, 3.05) is 31.2 Å². The van der Waals surface area contributed by atoms with E-state index in [0.717, 1.165) is 27.0 Å². The van der Waals surface area contributed by atoms with Crippen LogP contribution >= 0.6 is 27.7 Å². The quantitative estimate of drug-likeness (QED) is 0.452. The minimum absolute atomic E-state index is 0.0130. The first-order valence-electron chi connectivity index (χ1n) is 9.49. The van der Waals surface area contributed by atoms with E-state index >= 15 is 0 Å². The highest BCUT2D eigenvalue weighted by atomic mass is 79.9. The van der Waals surface area contributed by atoms with E-state index in [1.54, 1.807) is 4.90 Å². The molecule has 5 nitrogen and oxygen atoms in total. The minimum atomic E-state index is -0.182. The number of nitrogens with zero attached hydrogens (tertiary/aromatic N) is 1. The molecule has 1 aliphatic rings. The standard InChI is InChI=1S/C22H23BrN2O3S/c1-2-28-12-6-11-24-21(26)15-25-18-9-3-4-10-19(18)29-20(22(25)27)14-16-7-5-8-17(23)13-16/h3-5,7-10,13-14H,2,6,11-12,15H2,1H3,(H,24,26). The van der Waals surface area contributed by atoms with Gasteiger partial charge in [-0.3, -0.25) is 14.5 Å². The summed E-state index contributed by atoms with van der Waals surface area (Å²) >= 11 is 4.89. The second-order valence-corrected chi connectivity index (χ2v) is 8.42. The van der Waals surface area contributed by atoms with E-state index in [1.807, 2.05) is 61.5 Å². The lowest BCUT2D eigenvalue weighted by Gasteiger charge is -2.29. The van der Waals surface area contributed by atoms with Crippen LogP contribution in [0.1, 0.15) is 18.9 Å². The highest BCUT2D eigenvalue weighted by Gasteiger charge is 2.30. The summed E-state index contributed by atoms with van der Waals surface area (Å²) < 4.78 is 6.23. The van der Waals surface area contributed by atoms with E-state index in [4.69, 9.17) is 4.74 Å². The second-order valence-electron chi connectivity index (χ2n) is 6.43. The molecule has 1 N–H and O–H groups in total. The number of halogens is 1. The Morgan fingerprint density at radius 3 is 2.86 bits per heavy atom. The normalized spacial score (nSPS) is 14.8. The van der Waals surface area contributed by atoms with Gasteiger partial charge in [-0.05, 0) is 49.2 Å². The van der Waals surface area contributed by atoms with E-state index < -0.39 is 0 Å². The molecule has 0 saturated heterocycles. The number of para-hydroxylation sites is 1. The number of nitrogens with one attached hydrogen (secondary N) is 1. The number of fused-ring (bicyclic) bond motifs is 1. The van der Waals surface area contributed by atoms with Crippen LogP contribution in [0.25, 0.3) is 6.08 Å². The molecule has 2 amide bonds. The van der Waals surface area contributed by atoms with Gasteiger partial charge in [0.1, 0.15) is 6.54 Å². The molecule has 0 bridgehead atoms. The highest BCUT2D eigenvalue weighted by Crippen LogP contribution is 2.41. The molecule has 0 spiro atoms. The lowest BCUT2D eigenvalue weighted by Crippen LogP contribution is -2.43. The zero-order chi connectivity index (χ0) is 20.6. The van der Waals surface area contributed by atoms with E-state index in [2.05, 4.69) is 21.2 Å². The van der Waals surface area contributed by atoms with Crippen LogP contribution in [0.2, 0.25) is 0 Å². The van der Waals surface area contributed by atoms with Gasteiger partial charge in [0.15, 0.2) is 0 Å². The molecule has 0 radical (unpaired) electrons. The average molecular weight is 475 g/mol. The fourth-order valence-electron chi connectivity index (χ4n) is 2.91. The fraction of sp³-hybridized carbons (Fsp3) is 0.273. The van der Waals surface area contributed by atoms with Crippen molar-refractivity contribution >= 4 is 51.3 Å². The van der Waals surface area contributed by atoms with Gasteiger partial charge in [0.2, 0.25) is 5.91 Å². The number of ether oxygens (including phenoxy) is 1. The van der Waals surface area contributed by atoms with Crippen molar-refractivity contribution in [2.45, 2.75) is 18.2 Å². The Labute approximate surface area is 183 Å². The predicted octanol–water partition coefficient (Wildman–Crippen LogP) is 4.47. The summed E-state index contributed by atoms with van der Waals surface area (Å²) in [4.78, 5) is 28.7.